The lowest BCUT2D eigenvalue weighted by Gasteiger charge is -2.12. The number of nitrogens with one attached hydrogen (secondary N) is 1. The van der Waals surface area contributed by atoms with Gasteiger partial charge in [-0.15, -0.1) is 10.2 Å². The lowest BCUT2D eigenvalue weighted by atomic mass is 10.3. The zero-order valence-electron chi connectivity index (χ0n) is 14.1. The Bertz CT molecular complexity index is 910. The number of rotatable bonds is 6. The molecule has 1 amide bonds. The highest BCUT2D eigenvalue weighted by Crippen LogP contribution is 2.30. The monoisotopic (exact) mass is 410 g/mol. The average Bonchev–Trinajstić information content (AvgIpc) is 3.26. The second kappa shape index (κ2) is 8.16. The minimum Gasteiger partial charge on any atom is -0.461 e. The number of furan rings is 1. The molecule has 0 bridgehead atoms. The minimum absolute atomic E-state index is 0.109. The Hall–Kier alpha value is -1.96. The van der Waals surface area contributed by atoms with Gasteiger partial charge in [0, 0.05) is 6.04 Å². The molecule has 9 heteroatoms. The molecular weight excluding hydrogens is 395 g/mol. The van der Waals surface area contributed by atoms with Crippen LogP contribution in [0.25, 0.3) is 11.6 Å². The highest BCUT2D eigenvalue weighted by Gasteiger charge is 2.19. The molecule has 2 heterocycles. The molecule has 0 radical (unpaired) electrons. The summed E-state index contributed by atoms with van der Waals surface area (Å²) in [5.41, 5.74) is 0.478. The number of amides is 1. The van der Waals surface area contributed by atoms with Crippen LogP contribution in [0.3, 0.4) is 0 Å². The molecule has 2 aromatic heterocycles. The normalized spacial score (nSPS) is 11.1. The van der Waals surface area contributed by atoms with E-state index in [1.807, 2.05) is 24.5 Å². The molecule has 1 N–H and O–H groups in total. The number of carbonyl (C=O) groups excluding carboxylic acids is 1. The van der Waals surface area contributed by atoms with E-state index in [0.29, 0.717) is 32.5 Å². The Kier molecular flexibility index (Phi) is 5.90. The second-order valence-corrected chi connectivity index (χ2v) is 7.41. The summed E-state index contributed by atoms with van der Waals surface area (Å²) in [4.78, 5) is 12.3. The van der Waals surface area contributed by atoms with Gasteiger partial charge in [0.1, 0.15) is 0 Å². The average molecular weight is 411 g/mol. The zero-order chi connectivity index (χ0) is 18.7. The van der Waals surface area contributed by atoms with Crippen molar-refractivity contribution in [2.45, 2.75) is 25.0 Å². The van der Waals surface area contributed by atoms with Crippen LogP contribution < -0.4 is 5.32 Å². The van der Waals surface area contributed by atoms with Crippen molar-refractivity contribution < 1.29 is 9.21 Å². The Balaban J connectivity index is 1.71. The number of aromatic nitrogens is 3. The molecule has 0 aliphatic rings. The second-order valence-electron chi connectivity index (χ2n) is 5.69. The molecule has 136 valence electrons. The number of hydrogen-bond acceptors (Lipinski definition) is 5. The predicted molar refractivity (Wildman–Crippen MR) is 104 cm³/mol. The van der Waals surface area contributed by atoms with Gasteiger partial charge in [-0.25, -0.2) is 0 Å². The summed E-state index contributed by atoms with van der Waals surface area (Å²) in [6, 6.07) is 8.81. The highest BCUT2D eigenvalue weighted by molar-refractivity contribution is 7.99. The van der Waals surface area contributed by atoms with Crippen molar-refractivity contribution in [2.24, 2.45) is 0 Å². The molecule has 0 saturated heterocycles. The topological polar surface area (TPSA) is 73.0 Å². The van der Waals surface area contributed by atoms with Crippen LogP contribution in [-0.2, 0) is 4.79 Å². The first-order valence-electron chi connectivity index (χ1n) is 7.82. The van der Waals surface area contributed by atoms with Crippen molar-refractivity contribution in [2.75, 3.05) is 11.1 Å². The van der Waals surface area contributed by atoms with Gasteiger partial charge in [0.05, 0.1) is 27.7 Å². The Labute approximate surface area is 164 Å². The van der Waals surface area contributed by atoms with E-state index < -0.39 is 0 Å². The van der Waals surface area contributed by atoms with Gasteiger partial charge in [-0.05, 0) is 38.1 Å². The van der Waals surface area contributed by atoms with Crippen LogP contribution in [0.4, 0.5) is 5.69 Å². The van der Waals surface area contributed by atoms with E-state index in [4.69, 9.17) is 27.6 Å². The molecule has 0 saturated carbocycles. The molecule has 3 rings (SSSR count). The SMILES string of the molecule is CC(C)n1c(SCC(=O)Nc2cccc(Cl)c2Cl)nnc1-c1ccco1. The van der Waals surface area contributed by atoms with Crippen LogP contribution >= 0.6 is 35.0 Å². The van der Waals surface area contributed by atoms with Crippen molar-refractivity contribution >= 4 is 46.6 Å². The smallest absolute Gasteiger partial charge is 0.234 e. The van der Waals surface area contributed by atoms with E-state index in [-0.39, 0.29) is 17.7 Å². The van der Waals surface area contributed by atoms with Crippen LogP contribution in [-0.4, -0.2) is 26.4 Å². The first-order valence-corrected chi connectivity index (χ1v) is 9.57. The highest BCUT2D eigenvalue weighted by atomic mass is 35.5. The van der Waals surface area contributed by atoms with E-state index in [2.05, 4.69) is 15.5 Å². The fourth-order valence-electron chi connectivity index (χ4n) is 2.33. The third kappa shape index (κ3) is 4.06. The fourth-order valence-corrected chi connectivity index (χ4v) is 3.55. The van der Waals surface area contributed by atoms with Crippen LogP contribution in [0.1, 0.15) is 19.9 Å². The summed E-state index contributed by atoms with van der Waals surface area (Å²) < 4.78 is 7.35. The zero-order valence-corrected chi connectivity index (χ0v) is 16.4. The molecular formula is C17H16Cl2N4O2S. The van der Waals surface area contributed by atoms with Crippen molar-refractivity contribution in [3.8, 4) is 11.6 Å². The summed E-state index contributed by atoms with van der Waals surface area (Å²) >= 11 is 13.3. The Morgan fingerprint density at radius 1 is 1.27 bits per heavy atom. The van der Waals surface area contributed by atoms with Crippen LogP contribution in [0, 0.1) is 0 Å². The van der Waals surface area contributed by atoms with E-state index >= 15 is 0 Å². The lowest BCUT2D eigenvalue weighted by molar-refractivity contribution is -0.113. The molecule has 0 fully saturated rings. The largest absolute Gasteiger partial charge is 0.461 e. The molecule has 0 spiro atoms. The van der Waals surface area contributed by atoms with Gasteiger partial charge in [-0.3, -0.25) is 9.36 Å². The van der Waals surface area contributed by atoms with Gasteiger partial charge in [-0.2, -0.15) is 0 Å². The van der Waals surface area contributed by atoms with Gasteiger partial charge in [0.15, 0.2) is 10.9 Å². The number of nitrogens with zero attached hydrogens (tertiary/aromatic N) is 3. The minimum atomic E-state index is -0.211. The van der Waals surface area contributed by atoms with Gasteiger partial charge >= 0.3 is 0 Å². The summed E-state index contributed by atoms with van der Waals surface area (Å²) in [5, 5.41) is 12.5. The predicted octanol–water partition coefficient (Wildman–Crippen LogP) is 5.16. The van der Waals surface area contributed by atoms with Crippen molar-refractivity contribution in [1.82, 2.24) is 14.8 Å². The maximum Gasteiger partial charge on any atom is 0.234 e. The molecule has 1 aromatic carbocycles. The molecule has 0 atom stereocenters. The van der Waals surface area contributed by atoms with E-state index in [9.17, 15) is 4.79 Å². The van der Waals surface area contributed by atoms with E-state index in [1.165, 1.54) is 11.8 Å². The van der Waals surface area contributed by atoms with Crippen LogP contribution in [0.15, 0.2) is 46.2 Å². The Morgan fingerprint density at radius 2 is 2.08 bits per heavy atom. The summed E-state index contributed by atoms with van der Waals surface area (Å²) in [6.45, 7) is 4.04. The van der Waals surface area contributed by atoms with Crippen molar-refractivity contribution in [3.05, 3.63) is 46.6 Å². The van der Waals surface area contributed by atoms with Gasteiger partial charge < -0.3 is 9.73 Å². The van der Waals surface area contributed by atoms with E-state index in [0.717, 1.165) is 0 Å². The maximum atomic E-state index is 12.3. The summed E-state index contributed by atoms with van der Waals surface area (Å²) in [6.07, 6.45) is 1.59. The molecule has 0 aliphatic heterocycles. The summed E-state index contributed by atoms with van der Waals surface area (Å²) in [5.74, 6) is 1.21. The molecule has 6 nitrogen and oxygen atoms in total. The molecule has 26 heavy (non-hydrogen) atoms. The molecule has 3 aromatic rings. The Morgan fingerprint density at radius 3 is 2.77 bits per heavy atom. The fraction of sp³-hybridized carbons (Fsp3) is 0.235. The summed E-state index contributed by atoms with van der Waals surface area (Å²) in [7, 11) is 0. The van der Waals surface area contributed by atoms with Crippen molar-refractivity contribution in [3.63, 3.8) is 0 Å². The number of benzene rings is 1. The van der Waals surface area contributed by atoms with Crippen LogP contribution in [0.2, 0.25) is 10.0 Å². The molecule has 0 unspecified atom stereocenters. The van der Waals surface area contributed by atoms with Gasteiger partial charge in [0.2, 0.25) is 11.7 Å². The third-order valence-corrected chi connectivity index (χ3v) is 5.24. The van der Waals surface area contributed by atoms with Gasteiger partial charge in [0.25, 0.3) is 0 Å². The number of anilines is 1. The first-order chi connectivity index (χ1) is 12.5. The first kappa shape index (κ1) is 18.8. The number of thioether (sulfide) groups is 1. The molecule has 0 aliphatic carbocycles. The maximum absolute atomic E-state index is 12.3. The van der Waals surface area contributed by atoms with Gasteiger partial charge in [-0.1, -0.05) is 41.0 Å². The van der Waals surface area contributed by atoms with Crippen molar-refractivity contribution in [1.29, 1.82) is 0 Å². The number of carbonyl (C=O) groups is 1. The van der Waals surface area contributed by atoms with Crippen LogP contribution in [0.5, 0.6) is 0 Å². The third-order valence-electron chi connectivity index (χ3n) is 3.48. The van der Waals surface area contributed by atoms with E-state index in [1.54, 1.807) is 30.5 Å². The quantitative estimate of drug-likeness (QED) is 0.568. The lowest BCUT2D eigenvalue weighted by Crippen LogP contribution is -2.15. The number of hydrogen-bond donors (Lipinski definition) is 1. The standard InChI is InChI=1S/C17H16Cl2N4O2S/c1-10(2)23-16(13-7-4-8-25-13)21-22-17(23)26-9-14(24)20-12-6-3-5-11(18)15(12)19/h3-8,10H,9H2,1-2H3,(H,20,24). The number of halogens is 2.